The summed E-state index contributed by atoms with van der Waals surface area (Å²) in [5.74, 6) is -0.831. The number of nitrogens with zero attached hydrogens (tertiary/aromatic N) is 2. The maximum absolute atomic E-state index is 12.3. The molecule has 1 heterocycles. The number of fused-ring (bicyclic) bond motifs is 1. The molecule has 4 heteroatoms. The zero-order valence-electron chi connectivity index (χ0n) is 10.5. The third kappa shape index (κ3) is 1.69. The molecule has 0 radical (unpaired) electrons. The van der Waals surface area contributed by atoms with Crippen LogP contribution in [0.5, 0.6) is 0 Å². The fourth-order valence-electron chi connectivity index (χ4n) is 2.36. The molecule has 4 nitrogen and oxygen atoms in total. The van der Waals surface area contributed by atoms with Crippen molar-refractivity contribution in [2.45, 2.75) is 6.04 Å². The summed E-state index contributed by atoms with van der Waals surface area (Å²) in [5, 5.41) is 9.36. The average molecular weight is 262 g/mol. The van der Waals surface area contributed by atoms with E-state index in [-0.39, 0.29) is 0 Å². The Morgan fingerprint density at radius 3 is 1.85 bits per heavy atom. The SMILES string of the molecule is N#CC(c1ccccc1)N1C(=O)c2ccccc2C1=O. The van der Waals surface area contributed by atoms with Gasteiger partial charge < -0.3 is 0 Å². The number of carbonyl (C=O) groups excluding carboxylic acids is 2. The minimum atomic E-state index is -0.899. The summed E-state index contributed by atoms with van der Waals surface area (Å²) in [5.41, 5.74) is 1.34. The van der Waals surface area contributed by atoms with Crippen LogP contribution in [0.1, 0.15) is 32.3 Å². The Balaban J connectivity index is 2.06. The van der Waals surface area contributed by atoms with Crippen LogP contribution in [0.15, 0.2) is 54.6 Å². The summed E-state index contributed by atoms with van der Waals surface area (Å²) >= 11 is 0. The van der Waals surface area contributed by atoms with E-state index in [1.165, 1.54) is 0 Å². The summed E-state index contributed by atoms with van der Waals surface area (Å²) in [6.07, 6.45) is 0. The first-order valence-electron chi connectivity index (χ1n) is 6.15. The molecular formula is C16H10N2O2. The van der Waals surface area contributed by atoms with Gasteiger partial charge in [0.2, 0.25) is 0 Å². The fraction of sp³-hybridized carbons (Fsp3) is 0.0625. The van der Waals surface area contributed by atoms with Crippen LogP contribution in [-0.2, 0) is 0 Å². The monoisotopic (exact) mass is 262 g/mol. The van der Waals surface area contributed by atoms with Crippen LogP contribution in [0, 0.1) is 11.3 Å². The van der Waals surface area contributed by atoms with Crippen LogP contribution in [0.3, 0.4) is 0 Å². The summed E-state index contributed by atoms with van der Waals surface area (Å²) in [6, 6.07) is 16.6. The molecule has 0 spiro atoms. The maximum atomic E-state index is 12.3. The van der Waals surface area contributed by atoms with E-state index in [1.54, 1.807) is 48.5 Å². The highest BCUT2D eigenvalue weighted by Gasteiger charge is 2.40. The van der Waals surface area contributed by atoms with Gasteiger partial charge in [-0.1, -0.05) is 42.5 Å². The van der Waals surface area contributed by atoms with Crippen molar-refractivity contribution in [3.05, 3.63) is 71.3 Å². The van der Waals surface area contributed by atoms with E-state index in [2.05, 4.69) is 0 Å². The third-order valence-electron chi connectivity index (χ3n) is 3.32. The van der Waals surface area contributed by atoms with Gasteiger partial charge in [-0.15, -0.1) is 0 Å². The number of hydrogen-bond donors (Lipinski definition) is 0. The molecule has 0 aromatic heterocycles. The first kappa shape index (κ1) is 12.1. The number of hydrogen-bond acceptors (Lipinski definition) is 3. The van der Waals surface area contributed by atoms with Gasteiger partial charge in [0.05, 0.1) is 17.2 Å². The number of benzene rings is 2. The third-order valence-corrected chi connectivity index (χ3v) is 3.32. The lowest BCUT2D eigenvalue weighted by molar-refractivity contribution is 0.0618. The second kappa shape index (κ2) is 4.63. The predicted molar refractivity (Wildman–Crippen MR) is 71.7 cm³/mol. The van der Waals surface area contributed by atoms with Crippen LogP contribution < -0.4 is 0 Å². The van der Waals surface area contributed by atoms with Crippen LogP contribution in [-0.4, -0.2) is 16.7 Å². The number of nitriles is 1. The van der Waals surface area contributed by atoms with Gasteiger partial charge in [-0.3, -0.25) is 14.5 Å². The second-order valence-electron chi connectivity index (χ2n) is 4.47. The molecule has 1 aliphatic rings. The molecule has 96 valence electrons. The predicted octanol–water partition coefficient (Wildman–Crippen LogP) is 2.55. The van der Waals surface area contributed by atoms with E-state index in [0.717, 1.165) is 4.90 Å². The maximum Gasteiger partial charge on any atom is 0.262 e. The van der Waals surface area contributed by atoms with E-state index in [1.807, 2.05) is 12.1 Å². The van der Waals surface area contributed by atoms with Crippen LogP contribution >= 0.6 is 0 Å². The highest BCUT2D eigenvalue weighted by Crippen LogP contribution is 2.30. The minimum absolute atomic E-state index is 0.355. The molecule has 0 bridgehead atoms. The Morgan fingerprint density at radius 1 is 0.850 bits per heavy atom. The molecule has 1 unspecified atom stereocenters. The topological polar surface area (TPSA) is 61.2 Å². The Bertz CT molecular complexity index is 697. The van der Waals surface area contributed by atoms with E-state index in [4.69, 9.17) is 0 Å². The van der Waals surface area contributed by atoms with Crippen molar-refractivity contribution >= 4 is 11.8 Å². The Labute approximate surface area is 115 Å². The minimum Gasteiger partial charge on any atom is -0.269 e. The molecule has 3 rings (SSSR count). The molecule has 2 aromatic carbocycles. The first-order valence-corrected chi connectivity index (χ1v) is 6.15. The summed E-state index contributed by atoms with van der Waals surface area (Å²) in [6.45, 7) is 0. The molecule has 0 fully saturated rings. The van der Waals surface area contributed by atoms with Gasteiger partial charge in [0.1, 0.15) is 0 Å². The lowest BCUT2D eigenvalue weighted by Gasteiger charge is -2.20. The van der Waals surface area contributed by atoms with Crippen LogP contribution in [0.2, 0.25) is 0 Å². The normalized spacial score (nSPS) is 14.8. The number of rotatable bonds is 2. The van der Waals surface area contributed by atoms with Crippen molar-refractivity contribution in [1.82, 2.24) is 4.90 Å². The molecule has 1 aliphatic heterocycles. The molecular weight excluding hydrogens is 252 g/mol. The van der Waals surface area contributed by atoms with Crippen LogP contribution in [0.25, 0.3) is 0 Å². The Morgan fingerprint density at radius 2 is 1.35 bits per heavy atom. The van der Waals surface area contributed by atoms with Gasteiger partial charge in [0, 0.05) is 0 Å². The van der Waals surface area contributed by atoms with Crippen molar-refractivity contribution in [1.29, 1.82) is 5.26 Å². The molecule has 2 aromatic rings. The molecule has 2 amide bonds. The summed E-state index contributed by atoms with van der Waals surface area (Å²) in [7, 11) is 0. The average Bonchev–Trinajstić information content (AvgIpc) is 2.75. The summed E-state index contributed by atoms with van der Waals surface area (Å²) in [4.78, 5) is 25.7. The largest absolute Gasteiger partial charge is 0.269 e. The first-order chi connectivity index (χ1) is 9.74. The quantitative estimate of drug-likeness (QED) is 0.781. The highest BCUT2D eigenvalue weighted by molar-refractivity contribution is 6.21. The lowest BCUT2D eigenvalue weighted by Crippen LogP contribution is -2.33. The van der Waals surface area contributed by atoms with Gasteiger partial charge in [-0.2, -0.15) is 5.26 Å². The van der Waals surface area contributed by atoms with Gasteiger partial charge in [-0.25, -0.2) is 0 Å². The molecule has 0 aliphatic carbocycles. The van der Waals surface area contributed by atoms with Crippen molar-refractivity contribution in [2.24, 2.45) is 0 Å². The molecule has 20 heavy (non-hydrogen) atoms. The Kier molecular flexibility index (Phi) is 2.81. The zero-order chi connectivity index (χ0) is 14.1. The number of carbonyl (C=O) groups is 2. The lowest BCUT2D eigenvalue weighted by atomic mass is 10.1. The number of amides is 2. The molecule has 0 N–H and O–H groups in total. The van der Waals surface area contributed by atoms with Crippen molar-refractivity contribution in [2.75, 3.05) is 0 Å². The van der Waals surface area contributed by atoms with E-state index in [0.29, 0.717) is 16.7 Å². The van der Waals surface area contributed by atoms with Gasteiger partial charge in [0.15, 0.2) is 6.04 Å². The van der Waals surface area contributed by atoms with E-state index < -0.39 is 17.9 Å². The smallest absolute Gasteiger partial charge is 0.262 e. The molecule has 0 saturated heterocycles. The van der Waals surface area contributed by atoms with E-state index in [9.17, 15) is 14.9 Å². The van der Waals surface area contributed by atoms with Gasteiger partial charge in [-0.05, 0) is 17.7 Å². The van der Waals surface area contributed by atoms with Crippen LogP contribution in [0.4, 0.5) is 0 Å². The fourth-order valence-corrected chi connectivity index (χ4v) is 2.36. The van der Waals surface area contributed by atoms with Crippen molar-refractivity contribution in [3.8, 4) is 6.07 Å². The standard InChI is InChI=1S/C16H10N2O2/c17-10-14(11-6-2-1-3-7-11)18-15(19)12-8-4-5-9-13(12)16(18)20/h1-9,14H. The summed E-state index contributed by atoms with van der Waals surface area (Å²) < 4.78 is 0. The Hall–Kier alpha value is -2.93. The molecule has 0 saturated carbocycles. The van der Waals surface area contributed by atoms with Gasteiger partial charge >= 0.3 is 0 Å². The molecule has 1 atom stereocenters. The van der Waals surface area contributed by atoms with Crippen molar-refractivity contribution < 1.29 is 9.59 Å². The van der Waals surface area contributed by atoms with E-state index >= 15 is 0 Å². The zero-order valence-corrected chi connectivity index (χ0v) is 10.5. The van der Waals surface area contributed by atoms with Gasteiger partial charge in [0.25, 0.3) is 11.8 Å². The highest BCUT2D eigenvalue weighted by atomic mass is 16.2. The van der Waals surface area contributed by atoms with Crippen molar-refractivity contribution in [3.63, 3.8) is 0 Å². The number of imide groups is 1. The second-order valence-corrected chi connectivity index (χ2v) is 4.47.